The van der Waals surface area contributed by atoms with Crippen LogP contribution in [0.2, 0.25) is 5.02 Å². The predicted molar refractivity (Wildman–Crippen MR) is 80.3 cm³/mol. The van der Waals surface area contributed by atoms with Crippen LogP contribution in [0.1, 0.15) is 16.7 Å². The minimum atomic E-state index is 0.0585. The Morgan fingerprint density at radius 2 is 1.80 bits per heavy atom. The van der Waals surface area contributed by atoms with Gasteiger partial charge in [0.25, 0.3) is 0 Å². The van der Waals surface area contributed by atoms with Crippen LogP contribution in [0, 0.1) is 0 Å². The fourth-order valence-electron chi connectivity index (χ4n) is 2.48. The second-order valence-corrected chi connectivity index (χ2v) is 5.18. The first kappa shape index (κ1) is 12.8. The molecule has 0 bridgehead atoms. The third-order valence-corrected chi connectivity index (χ3v) is 3.84. The number of anilines is 1. The molecule has 0 aliphatic carbocycles. The summed E-state index contributed by atoms with van der Waals surface area (Å²) in [6.07, 6.45) is 0. The van der Waals surface area contributed by atoms with Gasteiger partial charge in [0.2, 0.25) is 0 Å². The molecule has 0 saturated heterocycles. The van der Waals surface area contributed by atoms with Crippen molar-refractivity contribution in [2.75, 3.05) is 4.90 Å². The van der Waals surface area contributed by atoms with E-state index in [1.165, 1.54) is 11.1 Å². The van der Waals surface area contributed by atoms with Crippen molar-refractivity contribution in [2.24, 2.45) is 10.9 Å². The fraction of sp³-hybridized carbons (Fsp3) is 0.133. The van der Waals surface area contributed by atoms with E-state index in [1.54, 1.807) is 12.1 Å². The van der Waals surface area contributed by atoms with Gasteiger partial charge >= 0.3 is 0 Å². The first-order valence-electron chi connectivity index (χ1n) is 6.28. The highest BCUT2D eigenvalue weighted by Gasteiger charge is 2.20. The minimum Gasteiger partial charge on any atom is -0.409 e. The number of nitrogens with two attached hydrogens (primary N) is 1. The lowest BCUT2D eigenvalue weighted by Crippen LogP contribution is -2.17. The van der Waals surface area contributed by atoms with Gasteiger partial charge in [0.05, 0.1) is 10.7 Å². The smallest absolute Gasteiger partial charge is 0.170 e. The summed E-state index contributed by atoms with van der Waals surface area (Å²) in [5.41, 5.74) is 9.77. The Labute approximate surface area is 122 Å². The molecule has 3 N–H and O–H groups in total. The summed E-state index contributed by atoms with van der Waals surface area (Å²) in [6, 6.07) is 13.8. The molecule has 0 aromatic heterocycles. The standard InChI is InChI=1S/C15H14ClN3O/c16-13-7-10(15(17)18-20)5-6-14(13)19-8-11-3-1-2-4-12(11)9-19/h1-7,20H,8-9H2,(H2,17,18). The topological polar surface area (TPSA) is 61.9 Å². The van der Waals surface area contributed by atoms with Gasteiger partial charge in [-0.05, 0) is 29.3 Å². The number of benzene rings is 2. The van der Waals surface area contributed by atoms with Crippen molar-refractivity contribution in [3.05, 3.63) is 64.2 Å². The molecule has 20 heavy (non-hydrogen) atoms. The molecule has 102 valence electrons. The van der Waals surface area contributed by atoms with E-state index in [4.69, 9.17) is 22.5 Å². The van der Waals surface area contributed by atoms with Gasteiger partial charge in [0.1, 0.15) is 0 Å². The van der Waals surface area contributed by atoms with Gasteiger partial charge in [0.15, 0.2) is 5.84 Å². The second-order valence-electron chi connectivity index (χ2n) is 4.78. The van der Waals surface area contributed by atoms with E-state index in [9.17, 15) is 0 Å². The molecule has 0 radical (unpaired) electrons. The first-order chi connectivity index (χ1) is 9.69. The second kappa shape index (κ2) is 5.06. The summed E-state index contributed by atoms with van der Waals surface area (Å²) in [6.45, 7) is 1.69. The molecule has 3 rings (SSSR count). The SMILES string of the molecule is NC(=NO)c1ccc(N2Cc3ccccc3C2)c(Cl)c1. The quantitative estimate of drug-likeness (QED) is 0.386. The zero-order chi connectivity index (χ0) is 14.1. The number of hydrogen-bond donors (Lipinski definition) is 2. The summed E-state index contributed by atoms with van der Waals surface area (Å²) < 4.78 is 0. The van der Waals surface area contributed by atoms with Crippen LogP contribution in [0.4, 0.5) is 5.69 Å². The number of fused-ring (bicyclic) bond motifs is 1. The Kier molecular flexibility index (Phi) is 3.24. The minimum absolute atomic E-state index is 0.0585. The number of oxime groups is 1. The monoisotopic (exact) mass is 287 g/mol. The van der Waals surface area contributed by atoms with E-state index in [0.717, 1.165) is 18.8 Å². The largest absolute Gasteiger partial charge is 0.409 e. The van der Waals surface area contributed by atoms with Crippen molar-refractivity contribution in [1.29, 1.82) is 0 Å². The van der Waals surface area contributed by atoms with Gasteiger partial charge in [0, 0.05) is 18.7 Å². The fourth-order valence-corrected chi connectivity index (χ4v) is 2.78. The highest BCUT2D eigenvalue weighted by Crippen LogP contribution is 2.33. The molecule has 0 saturated carbocycles. The van der Waals surface area contributed by atoms with Gasteiger partial charge in [-0.1, -0.05) is 41.0 Å². The van der Waals surface area contributed by atoms with Crippen LogP contribution in [0.5, 0.6) is 0 Å². The Morgan fingerprint density at radius 3 is 2.35 bits per heavy atom. The molecule has 0 fully saturated rings. The predicted octanol–water partition coefficient (Wildman–Crippen LogP) is 2.95. The maximum Gasteiger partial charge on any atom is 0.170 e. The molecule has 0 atom stereocenters. The van der Waals surface area contributed by atoms with E-state index in [2.05, 4.69) is 22.2 Å². The third-order valence-electron chi connectivity index (χ3n) is 3.53. The lowest BCUT2D eigenvalue weighted by molar-refractivity contribution is 0.318. The zero-order valence-corrected chi connectivity index (χ0v) is 11.5. The zero-order valence-electron chi connectivity index (χ0n) is 10.8. The Bertz CT molecular complexity index is 660. The van der Waals surface area contributed by atoms with Crippen LogP contribution < -0.4 is 10.6 Å². The molecular weight excluding hydrogens is 274 g/mol. The van der Waals surface area contributed by atoms with Crippen LogP contribution in [-0.2, 0) is 13.1 Å². The van der Waals surface area contributed by atoms with Crippen LogP contribution in [0.15, 0.2) is 47.6 Å². The Hall–Kier alpha value is -2.20. The number of rotatable bonds is 2. The van der Waals surface area contributed by atoms with Gasteiger partial charge < -0.3 is 15.8 Å². The Morgan fingerprint density at radius 1 is 1.15 bits per heavy atom. The van der Waals surface area contributed by atoms with Gasteiger partial charge in [-0.15, -0.1) is 0 Å². The molecular formula is C15H14ClN3O. The summed E-state index contributed by atoms with van der Waals surface area (Å²) in [5.74, 6) is 0.0585. The van der Waals surface area contributed by atoms with E-state index < -0.39 is 0 Å². The summed E-state index contributed by atoms with van der Waals surface area (Å²) in [4.78, 5) is 2.21. The molecule has 1 aliphatic rings. The molecule has 1 heterocycles. The highest BCUT2D eigenvalue weighted by atomic mass is 35.5. The highest BCUT2D eigenvalue weighted by molar-refractivity contribution is 6.33. The summed E-state index contributed by atoms with van der Waals surface area (Å²) >= 11 is 6.32. The van der Waals surface area contributed by atoms with Crippen LogP contribution in [0.25, 0.3) is 0 Å². The van der Waals surface area contributed by atoms with Crippen molar-refractivity contribution < 1.29 is 5.21 Å². The van der Waals surface area contributed by atoms with Crippen molar-refractivity contribution in [1.82, 2.24) is 0 Å². The maximum atomic E-state index is 8.69. The van der Waals surface area contributed by atoms with Crippen molar-refractivity contribution in [3.63, 3.8) is 0 Å². The molecule has 2 aromatic rings. The average Bonchev–Trinajstić information content (AvgIpc) is 2.89. The summed E-state index contributed by atoms with van der Waals surface area (Å²) in [5, 5.41) is 12.3. The van der Waals surface area contributed by atoms with Crippen LogP contribution >= 0.6 is 11.6 Å². The van der Waals surface area contributed by atoms with E-state index in [1.807, 2.05) is 18.2 Å². The number of nitrogens with zero attached hydrogens (tertiary/aromatic N) is 2. The van der Waals surface area contributed by atoms with E-state index in [0.29, 0.717) is 10.6 Å². The molecule has 1 aliphatic heterocycles. The van der Waals surface area contributed by atoms with Gasteiger partial charge in [-0.25, -0.2) is 0 Å². The van der Waals surface area contributed by atoms with Gasteiger partial charge in [-0.2, -0.15) is 0 Å². The number of halogens is 1. The maximum absolute atomic E-state index is 8.69. The molecule has 2 aromatic carbocycles. The molecule has 4 nitrogen and oxygen atoms in total. The number of hydrogen-bond acceptors (Lipinski definition) is 3. The number of amidine groups is 1. The normalized spacial score (nSPS) is 14.4. The lowest BCUT2D eigenvalue weighted by Gasteiger charge is -2.19. The van der Waals surface area contributed by atoms with Crippen LogP contribution in [0.3, 0.4) is 0 Å². The van der Waals surface area contributed by atoms with E-state index in [-0.39, 0.29) is 5.84 Å². The summed E-state index contributed by atoms with van der Waals surface area (Å²) in [7, 11) is 0. The van der Waals surface area contributed by atoms with Crippen molar-refractivity contribution in [2.45, 2.75) is 13.1 Å². The third kappa shape index (κ3) is 2.18. The molecule has 0 amide bonds. The lowest BCUT2D eigenvalue weighted by atomic mass is 10.1. The van der Waals surface area contributed by atoms with Crippen molar-refractivity contribution >= 4 is 23.1 Å². The van der Waals surface area contributed by atoms with E-state index >= 15 is 0 Å². The van der Waals surface area contributed by atoms with Gasteiger partial charge in [-0.3, -0.25) is 0 Å². The van der Waals surface area contributed by atoms with Crippen molar-refractivity contribution in [3.8, 4) is 0 Å². The average molecular weight is 288 g/mol. The Balaban J connectivity index is 1.90. The first-order valence-corrected chi connectivity index (χ1v) is 6.66. The molecule has 0 spiro atoms. The van der Waals surface area contributed by atoms with Crippen LogP contribution in [-0.4, -0.2) is 11.0 Å². The molecule has 0 unspecified atom stereocenters. The molecule has 5 heteroatoms.